The normalized spacial score (nSPS) is 15.9. The first-order valence-electron chi connectivity index (χ1n) is 8.44. The fourth-order valence-electron chi connectivity index (χ4n) is 2.61. The lowest BCUT2D eigenvalue weighted by Gasteiger charge is -2.26. The Morgan fingerprint density at radius 3 is 2.89 bits per heavy atom. The predicted octanol–water partition coefficient (Wildman–Crippen LogP) is 1.53. The van der Waals surface area contributed by atoms with Crippen LogP contribution in [0.3, 0.4) is 0 Å². The number of hydrogen-bond donors (Lipinski definition) is 3. The van der Waals surface area contributed by atoms with Crippen molar-refractivity contribution in [3.63, 3.8) is 0 Å². The van der Waals surface area contributed by atoms with E-state index in [1.165, 1.54) is 18.2 Å². The Balaban J connectivity index is 1.56. The van der Waals surface area contributed by atoms with Crippen molar-refractivity contribution < 1.29 is 19.0 Å². The van der Waals surface area contributed by atoms with Crippen molar-refractivity contribution in [2.45, 2.75) is 6.54 Å². The molecule has 9 nitrogen and oxygen atoms in total. The Morgan fingerprint density at radius 1 is 1.33 bits per heavy atom. The lowest BCUT2D eigenvalue weighted by Crippen LogP contribution is -2.40. The number of ether oxygens (including phenoxy) is 1. The van der Waals surface area contributed by atoms with Gasteiger partial charge in [0.15, 0.2) is 5.69 Å². The van der Waals surface area contributed by atoms with E-state index < -0.39 is 5.82 Å². The number of oxime groups is 1. The van der Waals surface area contributed by atoms with E-state index in [2.05, 4.69) is 31.0 Å². The minimum absolute atomic E-state index is 0.0175. The van der Waals surface area contributed by atoms with Crippen molar-refractivity contribution in [1.29, 1.82) is 0 Å². The first-order chi connectivity index (χ1) is 13.2. The molecule has 1 saturated heterocycles. The SMILES string of the molecule is O/N=C(/Nc1ccc(F)c(Cl)c1)c1nonc1CNCCN1CCOCC1. The maximum Gasteiger partial charge on any atom is 0.201 e. The van der Waals surface area contributed by atoms with E-state index in [-0.39, 0.29) is 16.6 Å². The highest BCUT2D eigenvalue weighted by molar-refractivity contribution is 6.31. The molecule has 0 amide bonds. The number of aromatic nitrogens is 2. The van der Waals surface area contributed by atoms with Crippen molar-refractivity contribution in [1.82, 2.24) is 20.5 Å². The van der Waals surface area contributed by atoms with Crippen molar-refractivity contribution in [2.24, 2.45) is 5.16 Å². The first-order valence-corrected chi connectivity index (χ1v) is 8.82. The third-order valence-electron chi connectivity index (χ3n) is 4.06. The van der Waals surface area contributed by atoms with Crippen molar-refractivity contribution in [3.8, 4) is 0 Å². The predicted molar refractivity (Wildman–Crippen MR) is 96.6 cm³/mol. The molecule has 0 unspecified atom stereocenters. The molecular formula is C16H20ClFN6O3. The van der Waals surface area contributed by atoms with Gasteiger partial charge in [-0.3, -0.25) is 4.90 Å². The zero-order chi connectivity index (χ0) is 19.1. The van der Waals surface area contributed by atoms with Crippen LogP contribution in [0.25, 0.3) is 0 Å². The summed E-state index contributed by atoms with van der Waals surface area (Å²) in [5.74, 6) is -0.526. The van der Waals surface area contributed by atoms with Gasteiger partial charge in [0.25, 0.3) is 0 Å². The fraction of sp³-hybridized carbons (Fsp3) is 0.438. The molecule has 11 heteroatoms. The molecule has 3 rings (SSSR count). The molecule has 2 aromatic rings. The number of nitrogens with zero attached hydrogens (tertiary/aromatic N) is 4. The average molecular weight is 399 g/mol. The second-order valence-corrected chi connectivity index (χ2v) is 6.30. The van der Waals surface area contributed by atoms with Crippen LogP contribution < -0.4 is 10.6 Å². The maximum absolute atomic E-state index is 13.3. The first kappa shape index (κ1) is 19.5. The van der Waals surface area contributed by atoms with Gasteiger partial charge in [-0.2, -0.15) is 0 Å². The summed E-state index contributed by atoms with van der Waals surface area (Å²) in [7, 11) is 0. The quantitative estimate of drug-likeness (QED) is 0.212. The summed E-state index contributed by atoms with van der Waals surface area (Å²) in [6, 6.07) is 4.03. The van der Waals surface area contributed by atoms with Gasteiger partial charge in [-0.25, -0.2) is 9.02 Å². The summed E-state index contributed by atoms with van der Waals surface area (Å²) in [6.07, 6.45) is 0. The van der Waals surface area contributed by atoms with Crippen LogP contribution >= 0.6 is 11.6 Å². The fourth-order valence-corrected chi connectivity index (χ4v) is 2.79. The van der Waals surface area contributed by atoms with Gasteiger partial charge < -0.3 is 20.6 Å². The van der Waals surface area contributed by atoms with Crippen LogP contribution in [0.15, 0.2) is 28.0 Å². The summed E-state index contributed by atoms with van der Waals surface area (Å²) in [5.41, 5.74) is 1.16. The Hall–Kier alpha value is -2.27. The summed E-state index contributed by atoms with van der Waals surface area (Å²) in [6.45, 7) is 5.37. The van der Waals surface area contributed by atoms with Gasteiger partial charge in [0, 0.05) is 38.4 Å². The van der Waals surface area contributed by atoms with Gasteiger partial charge in [-0.15, -0.1) is 0 Å². The summed E-state index contributed by atoms with van der Waals surface area (Å²) >= 11 is 5.76. The van der Waals surface area contributed by atoms with E-state index in [4.69, 9.17) is 21.0 Å². The van der Waals surface area contributed by atoms with Gasteiger partial charge >= 0.3 is 0 Å². The van der Waals surface area contributed by atoms with Crippen LogP contribution in [0.4, 0.5) is 10.1 Å². The molecule has 1 aliphatic rings. The molecule has 146 valence electrons. The van der Waals surface area contributed by atoms with Crippen molar-refractivity contribution >= 4 is 23.1 Å². The van der Waals surface area contributed by atoms with Crippen LogP contribution in [-0.4, -0.2) is 65.6 Å². The second-order valence-electron chi connectivity index (χ2n) is 5.89. The third kappa shape index (κ3) is 5.36. The van der Waals surface area contributed by atoms with Crippen molar-refractivity contribution in [2.75, 3.05) is 44.7 Å². The molecule has 0 atom stereocenters. The lowest BCUT2D eigenvalue weighted by molar-refractivity contribution is 0.0384. The van der Waals surface area contributed by atoms with E-state index in [1.54, 1.807) is 0 Å². The van der Waals surface area contributed by atoms with Crippen LogP contribution in [-0.2, 0) is 11.3 Å². The third-order valence-corrected chi connectivity index (χ3v) is 4.35. The topological polar surface area (TPSA) is 108 Å². The molecule has 1 aromatic heterocycles. The zero-order valence-electron chi connectivity index (χ0n) is 14.5. The second kappa shape index (κ2) is 9.60. The molecule has 0 spiro atoms. The molecule has 2 heterocycles. The molecule has 1 fully saturated rings. The molecular weight excluding hydrogens is 379 g/mol. The lowest BCUT2D eigenvalue weighted by atomic mass is 10.2. The molecule has 0 radical (unpaired) electrons. The molecule has 0 saturated carbocycles. The molecule has 27 heavy (non-hydrogen) atoms. The number of hydrogen-bond acceptors (Lipinski definition) is 8. The average Bonchev–Trinajstić information content (AvgIpc) is 3.15. The van der Waals surface area contributed by atoms with Gasteiger partial charge in [-0.05, 0) is 23.4 Å². The Labute approximate surface area is 160 Å². The minimum Gasteiger partial charge on any atom is -0.409 e. The largest absolute Gasteiger partial charge is 0.409 e. The Bertz CT molecular complexity index is 781. The Kier molecular flexibility index (Phi) is 6.93. The molecule has 3 N–H and O–H groups in total. The highest BCUT2D eigenvalue weighted by Gasteiger charge is 2.18. The van der Waals surface area contributed by atoms with E-state index in [0.29, 0.717) is 17.9 Å². The van der Waals surface area contributed by atoms with Crippen LogP contribution in [0.2, 0.25) is 5.02 Å². The van der Waals surface area contributed by atoms with E-state index in [9.17, 15) is 9.60 Å². The monoisotopic (exact) mass is 398 g/mol. The van der Waals surface area contributed by atoms with Gasteiger partial charge in [0.05, 0.1) is 18.2 Å². The number of halogens is 2. The molecule has 0 aliphatic carbocycles. The Morgan fingerprint density at radius 2 is 2.15 bits per heavy atom. The standard InChI is InChI=1S/C16H20ClFN6O3/c17-12-9-11(1-2-13(12)18)20-16(21-25)15-14(22-27-23-15)10-19-3-4-24-5-7-26-8-6-24/h1-2,9,19,25H,3-8,10H2,(H,20,21). The summed E-state index contributed by atoms with van der Waals surface area (Å²) < 4.78 is 23.4. The molecule has 0 bridgehead atoms. The minimum atomic E-state index is -0.544. The van der Waals surface area contributed by atoms with Crippen LogP contribution in [0.5, 0.6) is 0 Å². The smallest absolute Gasteiger partial charge is 0.201 e. The van der Waals surface area contributed by atoms with Gasteiger partial charge in [-0.1, -0.05) is 21.9 Å². The molecule has 1 aromatic carbocycles. The maximum atomic E-state index is 13.3. The number of rotatable bonds is 7. The van der Waals surface area contributed by atoms with E-state index in [1.807, 2.05) is 0 Å². The zero-order valence-corrected chi connectivity index (χ0v) is 15.2. The van der Waals surface area contributed by atoms with Crippen LogP contribution in [0, 0.1) is 5.82 Å². The number of anilines is 1. The summed E-state index contributed by atoms with van der Waals surface area (Å²) in [4.78, 5) is 2.30. The van der Waals surface area contributed by atoms with Crippen molar-refractivity contribution in [3.05, 3.63) is 40.4 Å². The van der Waals surface area contributed by atoms with Crippen LogP contribution in [0.1, 0.15) is 11.4 Å². The molecule has 1 aliphatic heterocycles. The summed E-state index contributed by atoms with van der Waals surface area (Å²) in [5, 5.41) is 26.2. The van der Waals surface area contributed by atoms with E-state index in [0.717, 1.165) is 39.4 Å². The van der Waals surface area contributed by atoms with Gasteiger partial charge in [0.2, 0.25) is 5.84 Å². The van der Waals surface area contributed by atoms with Gasteiger partial charge in [0.1, 0.15) is 11.5 Å². The van der Waals surface area contributed by atoms with E-state index >= 15 is 0 Å². The highest BCUT2D eigenvalue weighted by Crippen LogP contribution is 2.20. The number of nitrogens with one attached hydrogen (secondary N) is 2. The number of amidine groups is 1. The highest BCUT2D eigenvalue weighted by atomic mass is 35.5. The number of benzene rings is 1. The number of morpholine rings is 1.